The Labute approximate surface area is 285 Å². The molecule has 0 saturated carbocycles. The first kappa shape index (κ1) is 31.5. The minimum atomic E-state index is 0. The molecule has 0 amide bonds. The van der Waals surface area contributed by atoms with Gasteiger partial charge in [0.25, 0.3) is 0 Å². The van der Waals surface area contributed by atoms with Gasteiger partial charge in [-0.3, -0.25) is 4.68 Å². The van der Waals surface area contributed by atoms with Crippen molar-refractivity contribution in [2.75, 3.05) is 0 Å². The molecule has 0 aliphatic heterocycles. The molecule has 0 fully saturated rings. The van der Waals surface area contributed by atoms with Gasteiger partial charge >= 0.3 is 21.1 Å². The number of rotatable bonds is 7. The maximum absolute atomic E-state index is 6.53. The first-order valence-corrected chi connectivity index (χ1v) is 15.6. The standard InChI is InChI=1S/C40H36N4O.Pt/c1-25(2)29-16-17-41-39(20-29)44-37-13-8-7-12-35(37)36-15-14-33(22-38(36)44)45-34-19-30(26(3)4)18-32(21-34)43-24-31(23-42-43)40-27(5)10-9-11-28(40)6;/h7-20,23-26H,1-6H3;/q-2;+2. The van der Waals surface area contributed by atoms with Crippen LogP contribution in [0.4, 0.5) is 0 Å². The maximum Gasteiger partial charge on any atom is 2.00 e. The number of hydrogen-bond acceptors (Lipinski definition) is 3. The van der Waals surface area contributed by atoms with Gasteiger partial charge in [0, 0.05) is 35.0 Å². The topological polar surface area (TPSA) is 44.9 Å². The number of para-hydroxylation sites is 1. The number of fused-ring (bicyclic) bond motifs is 3. The zero-order valence-electron chi connectivity index (χ0n) is 26.9. The summed E-state index contributed by atoms with van der Waals surface area (Å²) in [6.07, 6.45) is 5.89. The van der Waals surface area contributed by atoms with E-state index in [9.17, 15) is 0 Å². The average Bonchev–Trinajstić information content (AvgIpc) is 3.64. The summed E-state index contributed by atoms with van der Waals surface area (Å²) in [6.45, 7) is 13.0. The summed E-state index contributed by atoms with van der Waals surface area (Å²) >= 11 is 0. The Bertz CT molecular complexity index is 2170. The minimum absolute atomic E-state index is 0. The number of ether oxygens (including phenoxy) is 1. The SMILES string of the molecule is Cc1cccc(C)c1-c1cnn(-c2[c-]c(Oc3[c-]c4c(cc3)c3ccccc3n4-c3cc(C(C)C)ccn3)cc(C(C)C)c2)c1.[Pt+2]. The van der Waals surface area contributed by atoms with E-state index >= 15 is 0 Å². The largest absolute Gasteiger partial charge is 2.00 e. The van der Waals surface area contributed by atoms with Crippen molar-refractivity contribution in [3.05, 3.63) is 132 Å². The second-order valence-electron chi connectivity index (χ2n) is 12.4. The van der Waals surface area contributed by atoms with Crippen LogP contribution in [0.25, 0.3) is 44.4 Å². The van der Waals surface area contributed by atoms with Crippen molar-refractivity contribution in [1.29, 1.82) is 0 Å². The molecule has 0 unspecified atom stereocenters. The van der Waals surface area contributed by atoms with Crippen molar-refractivity contribution < 1.29 is 25.8 Å². The van der Waals surface area contributed by atoms with E-state index in [1.807, 2.05) is 23.1 Å². The third-order valence-corrected chi connectivity index (χ3v) is 8.56. The molecule has 0 radical (unpaired) electrons. The van der Waals surface area contributed by atoms with E-state index in [2.05, 4.69) is 137 Å². The summed E-state index contributed by atoms with van der Waals surface area (Å²) in [5, 5.41) is 6.99. The second-order valence-corrected chi connectivity index (χ2v) is 12.4. The average molecular weight is 784 g/mol. The van der Waals surface area contributed by atoms with Gasteiger partial charge < -0.3 is 9.30 Å². The smallest absolute Gasteiger partial charge is 0.509 e. The molecule has 3 aromatic heterocycles. The summed E-state index contributed by atoms with van der Waals surface area (Å²) < 4.78 is 10.6. The summed E-state index contributed by atoms with van der Waals surface area (Å²) in [7, 11) is 0. The number of pyridine rings is 1. The zero-order chi connectivity index (χ0) is 31.2. The summed E-state index contributed by atoms with van der Waals surface area (Å²) in [6, 6.07) is 34.4. The molecule has 4 aromatic carbocycles. The fraction of sp³-hybridized carbons (Fsp3) is 0.200. The third-order valence-electron chi connectivity index (χ3n) is 8.56. The molecule has 0 bridgehead atoms. The monoisotopic (exact) mass is 783 g/mol. The van der Waals surface area contributed by atoms with Crippen LogP contribution in [0.3, 0.4) is 0 Å². The molecule has 232 valence electrons. The van der Waals surface area contributed by atoms with Gasteiger partial charge in [-0.25, -0.2) is 4.98 Å². The first-order valence-electron chi connectivity index (χ1n) is 15.6. The fourth-order valence-electron chi connectivity index (χ4n) is 6.12. The van der Waals surface area contributed by atoms with Crippen LogP contribution in [0.5, 0.6) is 11.5 Å². The fourth-order valence-corrected chi connectivity index (χ4v) is 6.12. The third kappa shape index (κ3) is 5.81. The van der Waals surface area contributed by atoms with Crippen LogP contribution in [-0.4, -0.2) is 19.3 Å². The van der Waals surface area contributed by atoms with Gasteiger partial charge in [0.1, 0.15) is 5.82 Å². The molecular weight excluding hydrogens is 748 g/mol. The van der Waals surface area contributed by atoms with Gasteiger partial charge in [-0.2, -0.15) is 11.2 Å². The predicted molar refractivity (Wildman–Crippen MR) is 183 cm³/mol. The van der Waals surface area contributed by atoms with Gasteiger partial charge in [0.05, 0.1) is 6.20 Å². The van der Waals surface area contributed by atoms with Gasteiger partial charge in [-0.05, 0) is 77.2 Å². The van der Waals surface area contributed by atoms with E-state index in [-0.39, 0.29) is 21.1 Å². The van der Waals surface area contributed by atoms with Gasteiger partial charge in [0.2, 0.25) is 0 Å². The van der Waals surface area contributed by atoms with Crippen LogP contribution in [0.2, 0.25) is 0 Å². The molecule has 5 nitrogen and oxygen atoms in total. The number of hydrogen-bond donors (Lipinski definition) is 0. The normalized spacial score (nSPS) is 11.5. The Kier molecular flexibility index (Phi) is 8.72. The van der Waals surface area contributed by atoms with Crippen LogP contribution < -0.4 is 4.74 Å². The van der Waals surface area contributed by atoms with Crippen LogP contribution in [-0.2, 0) is 21.1 Å². The van der Waals surface area contributed by atoms with Crippen molar-refractivity contribution in [1.82, 2.24) is 19.3 Å². The van der Waals surface area contributed by atoms with E-state index in [0.29, 0.717) is 23.3 Å². The number of nitrogens with zero attached hydrogens (tertiary/aromatic N) is 4. The Balaban J connectivity index is 0.00000372. The van der Waals surface area contributed by atoms with E-state index < -0.39 is 0 Å². The quantitative estimate of drug-likeness (QED) is 0.151. The molecule has 0 aliphatic rings. The molecule has 0 N–H and O–H groups in total. The van der Waals surface area contributed by atoms with E-state index in [1.165, 1.54) is 22.3 Å². The Morgan fingerprint density at radius 2 is 1.50 bits per heavy atom. The molecular formula is C40H36N4OPt. The van der Waals surface area contributed by atoms with Gasteiger partial charge in [-0.15, -0.1) is 41.3 Å². The van der Waals surface area contributed by atoms with Crippen molar-refractivity contribution in [2.24, 2.45) is 0 Å². The van der Waals surface area contributed by atoms with Gasteiger partial charge in [-0.1, -0.05) is 69.6 Å². The van der Waals surface area contributed by atoms with E-state index in [0.717, 1.165) is 44.4 Å². The number of aryl methyl sites for hydroxylation is 2. The van der Waals surface area contributed by atoms with Crippen molar-refractivity contribution >= 4 is 21.8 Å². The number of benzene rings is 4. The second kappa shape index (κ2) is 12.7. The summed E-state index contributed by atoms with van der Waals surface area (Å²) in [5.41, 5.74) is 9.98. The summed E-state index contributed by atoms with van der Waals surface area (Å²) in [4.78, 5) is 4.78. The van der Waals surface area contributed by atoms with Crippen LogP contribution in [0.1, 0.15) is 61.8 Å². The molecule has 7 rings (SSSR count). The first-order chi connectivity index (χ1) is 21.8. The molecule has 7 aromatic rings. The number of aromatic nitrogens is 4. The van der Waals surface area contributed by atoms with Crippen LogP contribution in [0.15, 0.2) is 97.5 Å². The van der Waals surface area contributed by atoms with Crippen molar-refractivity contribution in [3.63, 3.8) is 0 Å². The van der Waals surface area contributed by atoms with Crippen molar-refractivity contribution in [2.45, 2.75) is 53.4 Å². The van der Waals surface area contributed by atoms with Crippen molar-refractivity contribution in [3.8, 4) is 34.1 Å². The molecule has 0 aliphatic carbocycles. The van der Waals surface area contributed by atoms with Crippen LogP contribution in [0, 0.1) is 26.0 Å². The molecule has 0 spiro atoms. The van der Waals surface area contributed by atoms with E-state index in [1.54, 1.807) is 0 Å². The van der Waals surface area contributed by atoms with E-state index in [4.69, 9.17) is 14.8 Å². The molecule has 0 atom stereocenters. The Morgan fingerprint density at radius 1 is 0.739 bits per heavy atom. The Morgan fingerprint density at radius 3 is 2.26 bits per heavy atom. The molecule has 0 saturated heterocycles. The minimum Gasteiger partial charge on any atom is -0.509 e. The molecule has 6 heteroatoms. The maximum atomic E-state index is 6.53. The molecule has 46 heavy (non-hydrogen) atoms. The van der Waals surface area contributed by atoms with Gasteiger partial charge in [0.15, 0.2) is 0 Å². The Hall–Kier alpha value is -4.47. The van der Waals surface area contributed by atoms with Crippen LogP contribution >= 0.6 is 0 Å². The molecule has 3 heterocycles. The summed E-state index contributed by atoms with van der Waals surface area (Å²) in [5.74, 6) is 2.80. The zero-order valence-corrected chi connectivity index (χ0v) is 29.2. The predicted octanol–water partition coefficient (Wildman–Crippen LogP) is 10.3.